The first-order valence-electron chi connectivity index (χ1n) is 7.92. The van der Waals surface area contributed by atoms with Crippen LogP contribution < -0.4 is 10.6 Å². The molecule has 0 radical (unpaired) electrons. The predicted molar refractivity (Wildman–Crippen MR) is 93.7 cm³/mol. The maximum atomic E-state index is 12.8. The number of hydrogen-bond donors (Lipinski definition) is 2. The first-order valence-corrected chi connectivity index (χ1v) is 7.92. The zero-order valence-corrected chi connectivity index (χ0v) is 14.1. The van der Waals surface area contributed by atoms with E-state index in [0.717, 1.165) is 24.3 Å². The van der Waals surface area contributed by atoms with E-state index in [9.17, 15) is 9.18 Å². The van der Waals surface area contributed by atoms with Crippen molar-refractivity contribution in [3.63, 3.8) is 0 Å². The van der Waals surface area contributed by atoms with Crippen molar-refractivity contribution in [3.05, 3.63) is 59.7 Å². The van der Waals surface area contributed by atoms with Crippen molar-refractivity contribution < 1.29 is 9.18 Å². The maximum Gasteiger partial charge on any atom is 0.269 e. The summed E-state index contributed by atoms with van der Waals surface area (Å²) in [5, 5.41) is 6.09. The molecule has 0 spiro atoms. The summed E-state index contributed by atoms with van der Waals surface area (Å²) in [6, 6.07) is 9.85. The van der Waals surface area contributed by atoms with Gasteiger partial charge in [0.2, 0.25) is 0 Å². The highest BCUT2D eigenvalue weighted by Gasteiger charge is 2.07. The van der Waals surface area contributed by atoms with Crippen LogP contribution in [-0.4, -0.2) is 49.5 Å². The number of nitrogens with one attached hydrogen (secondary N) is 2. The minimum Gasteiger partial charge on any atom is -0.384 e. The molecule has 0 bridgehead atoms. The van der Waals surface area contributed by atoms with Gasteiger partial charge in [0.05, 0.1) is 0 Å². The number of pyridine rings is 1. The topological polar surface area (TPSA) is 57.3 Å². The average Bonchev–Trinajstić information content (AvgIpc) is 2.56. The molecule has 1 aromatic heterocycles. The van der Waals surface area contributed by atoms with E-state index in [2.05, 4.69) is 20.5 Å². The van der Waals surface area contributed by atoms with Crippen molar-refractivity contribution in [1.82, 2.24) is 15.2 Å². The van der Waals surface area contributed by atoms with E-state index >= 15 is 0 Å². The van der Waals surface area contributed by atoms with Crippen LogP contribution in [0.5, 0.6) is 0 Å². The lowest BCUT2D eigenvalue weighted by Crippen LogP contribution is -2.26. The SMILES string of the molecule is CN(C)CCNc1ccnc(C(=O)NCCc2ccc(F)cc2)c1. The molecular weight excluding hydrogens is 307 g/mol. The van der Waals surface area contributed by atoms with Gasteiger partial charge in [-0.25, -0.2) is 4.39 Å². The third-order valence-electron chi connectivity index (χ3n) is 3.49. The molecule has 0 aliphatic carbocycles. The Morgan fingerprint density at radius 2 is 1.92 bits per heavy atom. The number of benzene rings is 1. The van der Waals surface area contributed by atoms with Gasteiger partial charge in [0.25, 0.3) is 5.91 Å². The van der Waals surface area contributed by atoms with Crippen LogP contribution in [0.1, 0.15) is 16.1 Å². The number of anilines is 1. The van der Waals surface area contributed by atoms with Gasteiger partial charge in [-0.05, 0) is 50.3 Å². The third-order valence-corrected chi connectivity index (χ3v) is 3.49. The summed E-state index contributed by atoms with van der Waals surface area (Å²) >= 11 is 0. The smallest absolute Gasteiger partial charge is 0.269 e. The largest absolute Gasteiger partial charge is 0.384 e. The number of carbonyl (C=O) groups excluding carboxylic acids is 1. The minimum absolute atomic E-state index is 0.214. The molecule has 0 aliphatic heterocycles. The monoisotopic (exact) mass is 330 g/mol. The molecule has 0 atom stereocenters. The Hall–Kier alpha value is -2.47. The van der Waals surface area contributed by atoms with E-state index in [-0.39, 0.29) is 11.7 Å². The minimum atomic E-state index is -0.259. The fraction of sp³-hybridized carbons (Fsp3) is 0.333. The van der Waals surface area contributed by atoms with Crippen molar-refractivity contribution in [2.75, 3.05) is 39.0 Å². The number of carbonyl (C=O) groups is 1. The second kappa shape index (κ2) is 8.98. The first-order chi connectivity index (χ1) is 11.5. The van der Waals surface area contributed by atoms with Gasteiger partial charge in [0.1, 0.15) is 11.5 Å². The predicted octanol–water partition coefficient (Wildman–Crippen LogP) is 2.17. The summed E-state index contributed by atoms with van der Waals surface area (Å²) in [5.74, 6) is -0.473. The van der Waals surface area contributed by atoms with Gasteiger partial charge in [-0.3, -0.25) is 9.78 Å². The van der Waals surface area contributed by atoms with E-state index < -0.39 is 0 Å². The molecule has 0 aliphatic rings. The number of rotatable bonds is 8. The van der Waals surface area contributed by atoms with Crippen LogP contribution in [0.4, 0.5) is 10.1 Å². The summed E-state index contributed by atoms with van der Waals surface area (Å²) in [4.78, 5) is 18.3. The molecule has 5 nitrogen and oxygen atoms in total. The van der Waals surface area contributed by atoms with E-state index in [1.165, 1.54) is 12.1 Å². The Bertz CT molecular complexity index is 658. The number of amides is 1. The molecule has 0 unspecified atom stereocenters. The molecule has 128 valence electrons. The van der Waals surface area contributed by atoms with Crippen LogP contribution in [0.15, 0.2) is 42.6 Å². The van der Waals surface area contributed by atoms with Crippen molar-refractivity contribution in [1.29, 1.82) is 0 Å². The highest BCUT2D eigenvalue weighted by Crippen LogP contribution is 2.08. The molecule has 2 aromatic rings. The quantitative estimate of drug-likeness (QED) is 0.779. The van der Waals surface area contributed by atoms with Crippen LogP contribution in [0.2, 0.25) is 0 Å². The molecule has 1 heterocycles. The maximum absolute atomic E-state index is 12.8. The third kappa shape index (κ3) is 5.96. The zero-order chi connectivity index (χ0) is 17.4. The highest BCUT2D eigenvalue weighted by molar-refractivity contribution is 5.93. The zero-order valence-electron chi connectivity index (χ0n) is 14.1. The van der Waals surface area contributed by atoms with Crippen molar-refractivity contribution in [2.45, 2.75) is 6.42 Å². The summed E-state index contributed by atoms with van der Waals surface area (Å²) in [5.41, 5.74) is 2.23. The molecule has 0 saturated carbocycles. The van der Waals surface area contributed by atoms with Gasteiger partial charge >= 0.3 is 0 Å². The molecule has 0 saturated heterocycles. The number of nitrogens with zero attached hydrogens (tertiary/aromatic N) is 2. The molecule has 1 aromatic carbocycles. The Morgan fingerprint density at radius 3 is 2.62 bits per heavy atom. The van der Waals surface area contributed by atoms with Crippen LogP contribution in [0.3, 0.4) is 0 Å². The second-order valence-corrected chi connectivity index (χ2v) is 5.79. The molecule has 6 heteroatoms. The highest BCUT2D eigenvalue weighted by atomic mass is 19.1. The Morgan fingerprint density at radius 1 is 1.17 bits per heavy atom. The van der Waals surface area contributed by atoms with Crippen LogP contribution in [0, 0.1) is 5.82 Å². The van der Waals surface area contributed by atoms with Gasteiger partial charge in [0.15, 0.2) is 0 Å². The lowest BCUT2D eigenvalue weighted by atomic mass is 10.1. The van der Waals surface area contributed by atoms with Crippen LogP contribution >= 0.6 is 0 Å². The standard InChI is InChI=1S/C18H23FN4O/c1-23(2)12-11-20-16-8-10-21-17(13-16)18(24)22-9-7-14-3-5-15(19)6-4-14/h3-6,8,10,13H,7,9,11-12H2,1-2H3,(H,20,21)(H,22,24). The van der Waals surface area contributed by atoms with E-state index in [0.29, 0.717) is 18.7 Å². The molecule has 1 amide bonds. The molecular formula is C18H23FN4O. The van der Waals surface area contributed by atoms with Gasteiger partial charge in [0, 0.05) is 31.5 Å². The normalized spacial score (nSPS) is 10.7. The van der Waals surface area contributed by atoms with Crippen LogP contribution in [-0.2, 0) is 6.42 Å². The Labute approximate surface area is 141 Å². The van der Waals surface area contributed by atoms with E-state index in [1.807, 2.05) is 20.2 Å². The summed E-state index contributed by atoms with van der Waals surface area (Å²) in [6.45, 7) is 2.18. The lowest BCUT2D eigenvalue weighted by Gasteiger charge is -2.12. The number of aromatic nitrogens is 1. The van der Waals surface area contributed by atoms with Gasteiger partial charge < -0.3 is 15.5 Å². The van der Waals surface area contributed by atoms with Crippen molar-refractivity contribution >= 4 is 11.6 Å². The number of halogens is 1. The van der Waals surface area contributed by atoms with Crippen molar-refractivity contribution in [2.24, 2.45) is 0 Å². The summed E-state index contributed by atoms with van der Waals surface area (Å²) in [6.07, 6.45) is 2.26. The van der Waals surface area contributed by atoms with Gasteiger partial charge in [-0.15, -0.1) is 0 Å². The number of hydrogen-bond acceptors (Lipinski definition) is 4. The second-order valence-electron chi connectivity index (χ2n) is 5.79. The Balaban J connectivity index is 1.82. The van der Waals surface area contributed by atoms with E-state index in [4.69, 9.17) is 0 Å². The molecule has 0 fully saturated rings. The van der Waals surface area contributed by atoms with Gasteiger partial charge in [-0.2, -0.15) is 0 Å². The number of likely N-dealkylation sites (N-methyl/N-ethyl adjacent to an activating group) is 1. The molecule has 2 rings (SSSR count). The average molecular weight is 330 g/mol. The van der Waals surface area contributed by atoms with Crippen molar-refractivity contribution in [3.8, 4) is 0 Å². The van der Waals surface area contributed by atoms with Crippen LogP contribution in [0.25, 0.3) is 0 Å². The van der Waals surface area contributed by atoms with Gasteiger partial charge in [-0.1, -0.05) is 12.1 Å². The molecule has 2 N–H and O–H groups in total. The first kappa shape index (κ1) is 17.9. The fourth-order valence-corrected chi connectivity index (χ4v) is 2.15. The fourth-order valence-electron chi connectivity index (χ4n) is 2.15. The van der Waals surface area contributed by atoms with E-state index in [1.54, 1.807) is 24.4 Å². The molecule has 24 heavy (non-hydrogen) atoms. The Kier molecular flexibility index (Phi) is 6.69. The lowest BCUT2D eigenvalue weighted by molar-refractivity contribution is 0.0949. The summed E-state index contributed by atoms with van der Waals surface area (Å²) in [7, 11) is 4.02. The summed E-state index contributed by atoms with van der Waals surface area (Å²) < 4.78 is 12.8.